The Bertz CT molecular complexity index is 346. The predicted molar refractivity (Wildman–Crippen MR) is 83.8 cm³/mol. The van der Waals surface area contributed by atoms with Crippen LogP contribution in [0.5, 0.6) is 0 Å². The van der Waals surface area contributed by atoms with Gasteiger partial charge in [-0.15, -0.1) is 0 Å². The molecule has 1 atom stereocenters. The van der Waals surface area contributed by atoms with Gasteiger partial charge in [-0.3, -0.25) is 0 Å². The third-order valence-electron chi connectivity index (χ3n) is 3.61. The first-order valence-corrected chi connectivity index (χ1v) is 7.97. The summed E-state index contributed by atoms with van der Waals surface area (Å²) in [6, 6.07) is 8.44. The van der Waals surface area contributed by atoms with E-state index < -0.39 is 0 Å². The normalized spacial score (nSPS) is 18.8. The highest BCUT2D eigenvalue weighted by atomic mass is 127. The maximum atomic E-state index is 10.1. The Morgan fingerprint density at radius 2 is 1.78 bits per heavy atom. The molecule has 100 valence electrons. The van der Waals surface area contributed by atoms with Crippen molar-refractivity contribution in [3.63, 3.8) is 0 Å². The van der Waals surface area contributed by atoms with Gasteiger partial charge in [0.1, 0.15) is 0 Å². The van der Waals surface area contributed by atoms with Gasteiger partial charge < -0.3 is 10.0 Å². The summed E-state index contributed by atoms with van der Waals surface area (Å²) in [4.78, 5) is 2.49. The second kappa shape index (κ2) is 7.46. The van der Waals surface area contributed by atoms with Crippen LogP contribution in [0.25, 0.3) is 0 Å². The van der Waals surface area contributed by atoms with Crippen LogP contribution in [0.15, 0.2) is 24.3 Å². The molecule has 2 rings (SSSR count). The van der Waals surface area contributed by atoms with Gasteiger partial charge >= 0.3 is 0 Å². The highest BCUT2D eigenvalue weighted by Gasteiger charge is 2.12. The van der Waals surface area contributed by atoms with Crippen LogP contribution in [-0.2, 0) is 6.42 Å². The first-order chi connectivity index (χ1) is 8.74. The van der Waals surface area contributed by atoms with Crippen molar-refractivity contribution in [1.82, 2.24) is 4.90 Å². The van der Waals surface area contributed by atoms with E-state index in [1.165, 1.54) is 41.5 Å². The molecule has 1 heterocycles. The lowest BCUT2D eigenvalue weighted by molar-refractivity contribution is 0.133. The van der Waals surface area contributed by atoms with Crippen LogP contribution < -0.4 is 0 Å². The molecule has 1 aliphatic heterocycles. The van der Waals surface area contributed by atoms with Crippen molar-refractivity contribution in [1.29, 1.82) is 0 Å². The Hall–Kier alpha value is -0.130. The molecule has 1 aliphatic rings. The maximum absolute atomic E-state index is 10.1. The second-order valence-electron chi connectivity index (χ2n) is 5.18. The SMILES string of the molecule is OC(CCN1CCCCC1)Cc1ccc(I)cc1. The average molecular weight is 359 g/mol. The number of rotatable bonds is 5. The highest BCUT2D eigenvalue weighted by molar-refractivity contribution is 14.1. The molecule has 0 radical (unpaired) electrons. The summed E-state index contributed by atoms with van der Waals surface area (Å²) in [5.74, 6) is 0. The summed E-state index contributed by atoms with van der Waals surface area (Å²) in [7, 11) is 0. The van der Waals surface area contributed by atoms with Gasteiger partial charge in [0, 0.05) is 10.1 Å². The molecule has 0 spiro atoms. The topological polar surface area (TPSA) is 23.5 Å². The first kappa shape index (κ1) is 14.3. The van der Waals surface area contributed by atoms with Crippen molar-refractivity contribution in [2.75, 3.05) is 19.6 Å². The number of halogens is 1. The number of likely N-dealkylation sites (tertiary alicyclic amines) is 1. The fraction of sp³-hybridized carbons (Fsp3) is 0.600. The molecule has 3 heteroatoms. The van der Waals surface area contributed by atoms with Gasteiger partial charge in [-0.05, 0) is 79.1 Å². The van der Waals surface area contributed by atoms with E-state index in [4.69, 9.17) is 0 Å². The number of nitrogens with zero attached hydrogens (tertiary/aromatic N) is 1. The Morgan fingerprint density at radius 3 is 2.44 bits per heavy atom. The van der Waals surface area contributed by atoms with E-state index in [0.29, 0.717) is 0 Å². The van der Waals surface area contributed by atoms with Crippen molar-refractivity contribution in [3.05, 3.63) is 33.4 Å². The largest absolute Gasteiger partial charge is 0.393 e. The Balaban J connectivity index is 1.71. The van der Waals surface area contributed by atoms with E-state index in [0.717, 1.165) is 19.4 Å². The number of hydrogen-bond acceptors (Lipinski definition) is 2. The molecule has 0 aromatic heterocycles. The molecule has 1 unspecified atom stereocenters. The molecule has 1 saturated heterocycles. The van der Waals surface area contributed by atoms with E-state index in [-0.39, 0.29) is 6.10 Å². The number of aliphatic hydroxyl groups excluding tert-OH is 1. The molecule has 1 N–H and O–H groups in total. The summed E-state index contributed by atoms with van der Waals surface area (Å²) in [6.45, 7) is 3.48. The zero-order valence-corrected chi connectivity index (χ0v) is 13.0. The third kappa shape index (κ3) is 4.86. The lowest BCUT2D eigenvalue weighted by Gasteiger charge is -2.27. The molecule has 1 fully saturated rings. The molecule has 2 nitrogen and oxygen atoms in total. The van der Waals surface area contributed by atoms with Crippen LogP contribution in [0.2, 0.25) is 0 Å². The molecule has 0 aliphatic carbocycles. The summed E-state index contributed by atoms with van der Waals surface area (Å²) in [6.07, 6.45) is 5.51. The molecule has 0 bridgehead atoms. The van der Waals surface area contributed by atoms with Crippen LogP contribution in [0.3, 0.4) is 0 Å². The van der Waals surface area contributed by atoms with Crippen molar-refractivity contribution < 1.29 is 5.11 Å². The van der Waals surface area contributed by atoms with Gasteiger partial charge in [0.25, 0.3) is 0 Å². The van der Waals surface area contributed by atoms with Crippen molar-refractivity contribution >= 4 is 22.6 Å². The Morgan fingerprint density at radius 1 is 1.11 bits per heavy atom. The van der Waals surface area contributed by atoms with E-state index >= 15 is 0 Å². The van der Waals surface area contributed by atoms with Crippen LogP contribution in [0, 0.1) is 3.57 Å². The van der Waals surface area contributed by atoms with Crippen molar-refractivity contribution in [3.8, 4) is 0 Å². The second-order valence-corrected chi connectivity index (χ2v) is 6.42. The van der Waals surface area contributed by atoms with Gasteiger partial charge in [-0.2, -0.15) is 0 Å². The van der Waals surface area contributed by atoms with E-state index in [9.17, 15) is 5.11 Å². The molecular formula is C15H22INO. The van der Waals surface area contributed by atoms with Crippen LogP contribution in [0.1, 0.15) is 31.2 Å². The summed E-state index contributed by atoms with van der Waals surface area (Å²) < 4.78 is 1.25. The van der Waals surface area contributed by atoms with Crippen LogP contribution in [0.4, 0.5) is 0 Å². The molecule has 0 amide bonds. The van der Waals surface area contributed by atoms with E-state index in [2.05, 4.69) is 51.8 Å². The summed E-state index contributed by atoms with van der Waals surface area (Å²) >= 11 is 2.31. The lowest BCUT2D eigenvalue weighted by atomic mass is 10.0. The smallest absolute Gasteiger partial charge is 0.0592 e. The molecule has 1 aromatic carbocycles. The molecule has 18 heavy (non-hydrogen) atoms. The first-order valence-electron chi connectivity index (χ1n) is 6.89. The molecule has 1 aromatic rings. The van der Waals surface area contributed by atoms with E-state index in [1.807, 2.05) is 0 Å². The zero-order valence-electron chi connectivity index (χ0n) is 10.8. The van der Waals surface area contributed by atoms with Gasteiger partial charge in [0.2, 0.25) is 0 Å². The van der Waals surface area contributed by atoms with Gasteiger partial charge in [-0.25, -0.2) is 0 Å². The number of benzene rings is 1. The fourth-order valence-corrected chi connectivity index (χ4v) is 2.87. The number of hydrogen-bond donors (Lipinski definition) is 1. The van der Waals surface area contributed by atoms with Gasteiger partial charge in [-0.1, -0.05) is 18.6 Å². The molecule has 0 saturated carbocycles. The minimum absolute atomic E-state index is 0.202. The Kier molecular flexibility index (Phi) is 5.92. The zero-order chi connectivity index (χ0) is 12.8. The monoisotopic (exact) mass is 359 g/mol. The van der Waals surface area contributed by atoms with Gasteiger partial charge in [0.15, 0.2) is 0 Å². The van der Waals surface area contributed by atoms with Crippen LogP contribution >= 0.6 is 22.6 Å². The summed E-state index contributed by atoms with van der Waals surface area (Å²) in [5, 5.41) is 10.1. The van der Waals surface area contributed by atoms with Crippen molar-refractivity contribution in [2.45, 2.75) is 38.2 Å². The quantitative estimate of drug-likeness (QED) is 0.817. The van der Waals surface area contributed by atoms with Gasteiger partial charge in [0.05, 0.1) is 6.10 Å². The third-order valence-corrected chi connectivity index (χ3v) is 4.33. The highest BCUT2D eigenvalue weighted by Crippen LogP contribution is 2.12. The average Bonchev–Trinajstić information content (AvgIpc) is 2.40. The molecular weight excluding hydrogens is 337 g/mol. The number of aliphatic hydroxyl groups is 1. The lowest BCUT2D eigenvalue weighted by Crippen LogP contribution is -2.32. The summed E-state index contributed by atoms with van der Waals surface area (Å²) in [5.41, 5.74) is 1.24. The van der Waals surface area contributed by atoms with Crippen molar-refractivity contribution in [2.24, 2.45) is 0 Å². The standard InChI is InChI=1S/C15H22INO/c16-14-6-4-13(5-7-14)12-15(18)8-11-17-9-2-1-3-10-17/h4-7,15,18H,1-3,8-12H2. The minimum atomic E-state index is -0.202. The minimum Gasteiger partial charge on any atom is -0.393 e. The fourth-order valence-electron chi connectivity index (χ4n) is 2.51. The number of piperidine rings is 1. The predicted octanol–water partition coefficient (Wildman–Crippen LogP) is 3.07. The Labute approximate surface area is 124 Å². The van der Waals surface area contributed by atoms with E-state index in [1.54, 1.807) is 0 Å². The maximum Gasteiger partial charge on any atom is 0.0592 e. The van der Waals surface area contributed by atoms with Crippen LogP contribution in [-0.4, -0.2) is 35.7 Å².